The number of hydrogen-bond donors (Lipinski definition) is 4. The summed E-state index contributed by atoms with van der Waals surface area (Å²) in [5.74, 6) is 0.574. The van der Waals surface area contributed by atoms with Crippen molar-refractivity contribution in [3.05, 3.63) is 36.6 Å². The van der Waals surface area contributed by atoms with Crippen LogP contribution in [0.25, 0.3) is 22.6 Å². The van der Waals surface area contributed by atoms with Gasteiger partial charge in [-0.1, -0.05) is 13.8 Å². The number of aromatic nitrogens is 2. The summed E-state index contributed by atoms with van der Waals surface area (Å²) in [5.41, 5.74) is 7.86. The topological polar surface area (TPSA) is 126 Å². The van der Waals surface area contributed by atoms with Crippen molar-refractivity contribution in [1.82, 2.24) is 15.3 Å². The second kappa shape index (κ2) is 7.40. The summed E-state index contributed by atoms with van der Waals surface area (Å²) < 4.78 is 5.32. The van der Waals surface area contributed by atoms with Crippen molar-refractivity contribution in [2.45, 2.75) is 19.9 Å². The number of fused-ring (bicyclic) bond motifs is 1. The van der Waals surface area contributed by atoms with E-state index in [4.69, 9.17) is 10.2 Å². The van der Waals surface area contributed by atoms with Gasteiger partial charge < -0.3 is 25.8 Å². The van der Waals surface area contributed by atoms with Gasteiger partial charge in [0.1, 0.15) is 0 Å². The number of carbonyl (C=O) groups excluding carboxylic acids is 2. The summed E-state index contributed by atoms with van der Waals surface area (Å²) in [4.78, 5) is 31.4. The summed E-state index contributed by atoms with van der Waals surface area (Å²) >= 11 is 0. The standard InChI is InChI=1S/C18H21N5O3/c1-10(2)16(19)18(25)20-9-15(24)21-11-5-6-12-13(8-11)23-17(22-12)14-4-3-7-26-14/h3-8,10,16H,9,19H2,1-2H3,(H,20,25)(H,21,24)(H,22,23)/t16-/m0/s1. The van der Waals surface area contributed by atoms with Gasteiger partial charge in [-0.2, -0.15) is 0 Å². The van der Waals surface area contributed by atoms with Crippen molar-refractivity contribution in [2.24, 2.45) is 11.7 Å². The van der Waals surface area contributed by atoms with Crippen LogP contribution in [0, 0.1) is 5.92 Å². The van der Waals surface area contributed by atoms with Crippen LogP contribution in [0.3, 0.4) is 0 Å². The summed E-state index contributed by atoms with van der Waals surface area (Å²) in [5, 5.41) is 5.27. The van der Waals surface area contributed by atoms with Gasteiger partial charge in [-0.25, -0.2) is 4.98 Å². The number of H-pyrrole nitrogens is 1. The molecular formula is C18H21N5O3. The van der Waals surface area contributed by atoms with Gasteiger partial charge in [-0.05, 0) is 36.2 Å². The van der Waals surface area contributed by atoms with Crippen molar-refractivity contribution in [3.63, 3.8) is 0 Å². The number of aromatic amines is 1. The number of anilines is 1. The minimum absolute atomic E-state index is 0.00389. The van der Waals surface area contributed by atoms with Crippen molar-refractivity contribution in [1.29, 1.82) is 0 Å². The first-order valence-electron chi connectivity index (χ1n) is 8.31. The van der Waals surface area contributed by atoms with Gasteiger partial charge in [0.2, 0.25) is 11.8 Å². The second-order valence-corrected chi connectivity index (χ2v) is 6.33. The maximum Gasteiger partial charge on any atom is 0.243 e. The maximum absolute atomic E-state index is 12.0. The number of rotatable bonds is 6. The molecule has 8 heteroatoms. The Morgan fingerprint density at radius 1 is 1.31 bits per heavy atom. The molecule has 0 aliphatic heterocycles. The van der Waals surface area contributed by atoms with Gasteiger partial charge in [0.15, 0.2) is 11.6 Å². The van der Waals surface area contributed by atoms with Crippen LogP contribution in [0.4, 0.5) is 5.69 Å². The van der Waals surface area contributed by atoms with Crippen LogP contribution in [0.1, 0.15) is 13.8 Å². The molecular weight excluding hydrogens is 334 g/mol. The molecule has 0 unspecified atom stereocenters. The Hall–Kier alpha value is -3.13. The molecule has 136 valence electrons. The normalized spacial score (nSPS) is 12.3. The molecule has 1 aromatic carbocycles. The highest BCUT2D eigenvalue weighted by molar-refractivity contribution is 5.96. The number of nitrogens with one attached hydrogen (secondary N) is 3. The highest BCUT2D eigenvalue weighted by Crippen LogP contribution is 2.23. The molecule has 1 atom stereocenters. The Morgan fingerprint density at radius 2 is 2.12 bits per heavy atom. The van der Waals surface area contributed by atoms with Gasteiger partial charge in [0, 0.05) is 5.69 Å². The number of nitrogens with two attached hydrogens (primary N) is 1. The number of carbonyl (C=O) groups is 2. The molecule has 3 aromatic rings. The minimum atomic E-state index is -0.635. The first-order valence-corrected chi connectivity index (χ1v) is 8.31. The van der Waals surface area contributed by atoms with Gasteiger partial charge in [0.25, 0.3) is 0 Å². The molecule has 3 rings (SSSR count). The fourth-order valence-corrected chi connectivity index (χ4v) is 2.41. The number of imidazole rings is 1. The van der Waals surface area contributed by atoms with E-state index < -0.39 is 6.04 Å². The number of hydrogen-bond acceptors (Lipinski definition) is 5. The molecule has 0 saturated heterocycles. The molecule has 0 radical (unpaired) electrons. The van der Waals surface area contributed by atoms with E-state index in [0.29, 0.717) is 17.3 Å². The minimum Gasteiger partial charge on any atom is -0.461 e. The zero-order valence-electron chi connectivity index (χ0n) is 14.6. The van der Waals surface area contributed by atoms with Crippen molar-refractivity contribution in [3.8, 4) is 11.6 Å². The van der Waals surface area contributed by atoms with Crippen LogP contribution >= 0.6 is 0 Å². The molecule has 0 spiro atoms. The van der Waals surface area contributed by atoms with E-state index in [2.05, 4.69) is 20.6 Å². The van der Waals surface area contributed by atoms with Gasteiger partial charge in [-0.15, -0.1) is 0 Å². The molecule has 5 N–H and O–H groups in total. The molecule has 0 bridgehead atoms. The third kappa shape index (κ3) is 3.92. The van der Waals surface area contributed by atoms with Crippen molar-refractivity contribution in [2.75, 3.05) is 11.9 Å². The lowest BCUT2D eigenvalue weighted by molar-refractivity contribution is -0.125. The lowest BCUT2D eigenvalue weighted by Crippen LogP contribution is -2.46. The lowest BCUT2D eigenvalue weighted by atomic mass is 10.1. The lowest BCUT2D eigenvalue weighted by Gasteiger charge is -2.15. The largest absolute Gasteiger partial charge is 0.461 e. The Morgan fingerprint density at radius 3 is 2.81 bits per heavy atom. The third-order valence-electron chi connectivity index (χ3n) is 3.96. The van der Waals surface area contributed by atoms with E-state index in [1.165, 1.54) is 0 Å². The van der Waals surface area contributed by atoms with E-state index >= 15 is 0 Å². The van der Waals surface area contributed by atoms with Crippen LogP contribution < -0.4 is 16.4 Å². The number of benzene rings is 1. The first-order chi connectivity index (χ1) is 12.4. The highest BCUT2D eigenvalue weighted by atomic mass is 16.3. The quantitative estimate of drug-likeness (QED) is 0.537. The predicted octanol–water partition coefficient (Wildman–Crippen LogP) is 1.86. The van der Waals surface area contributed by atoms with Gasteiger partial charge in [-0.3, -0.25) is 9.59 Å². The summed E-state index contributed by atoms with van der Waals surface area (Å²) in [6.45, 7) is 3.56. The number of furan rings is 1. The summed E-state index contributed by atoms with van der Waals surface area (Å²) in [6.07, 6.45) is 1.58. The Balaban J connectivity index is 1.63. The van der Waals surface area contributed by atoms with E-state index in [9.17, 15) is 9.59 Å². The molecule has 26 heavy (non-hydrogen) atoms. The van der Waals surface area contributed by atoms with Crippen LogP contribution in [0.2, 0.25) is 0 Å². The predicted molar refractivity (Wildman–Crippen MR) is 98.2 cm³/mol. The molecule has 0 aliphatic rings. The average Bonchev–Trinajstić information content (AvgIpc) is 3.27. The Kier molecular flexibility index (Phi) is 5.04. The van der Waals surface area contributed by atoms with E-state index in [1.54, 1.807) is 30.5 Å². The Bertz CT molecular complexity index is 914. The van der Waals surface area contributed by atoms with Crippen molar-refractivity contribution < 1.29 is 14.0 Å². The van der Waals surface area contributed by atoms with Crippen molar-refractivity contribution >= 4 is 28.5 Å². The van der Waals surface area contributed by atoms with E-state index in [-0.39, 0.29) is 24.3 Å². The molecule has 0 saturated carbocycles. The summed E-state index contributed by atoms with van der Waals surface area (Å²) in [6, 6.07) is 8.27. The zero-order chi connectivity index (χ0) is 18.7. The van der Waals surface area contributed by atoms with Crippen LogP contribution in [-0.2, 0) is 9.59 Å². The third-order valence-corrected chi connectivity index (χ3v) is 3.96. The monoisotopic (exact) mass is 355 g/mol. The van der Waals surface area contributed by atoms with E-state index in [0.717, 1.165) is 11.0 Å². The van der Waals surface area contributed by atoms with Crippen LogP contribution in [0.5, 0.6) is 0 Å². The zero-order valence-corrected chi connectivity index (χ0v) is 14.6. The number of amides is 2. The van der Waals surface area contributed by atoms with Crippen LogP contribution in [0.15, 0.2) is 41.0 Å². The Labute approximate surface area is 150 Å². The first kappa shape index (κ1) is 17.7. The second-order valence-electron chi connectivity index (χ2n) is 6.33. The highest BCUT2D eigenvalue weighted by Gasteiger charge is 2.17. The maximum atomic E-state index is 12.0. The molecule has 0 aliphatic carbocycles. The molecule has 2 heterocycles. The van der Waals surface area contributed by atoms with Gasteiger partial charge in [0.05, 0.1) is 29.9 Å². The number of nitrogens with zero attached hydrogens (tertiary/aromatic N) is 1. The average molecular weight is 355 g/mol. The molecule has 8 nitrogen and oxygen atoms in total. The summed E-state index contributed by atoms with van der Waals surface area (Å²) in [7, 11) is 0. The molecule has 2 amide bonds. The molecule has 0 fully saturated rings. The fourth-order valence-electron chi connectivity index (χ4n) is 2.41. The molecule has 2 aromatic heterocycles. The van der Waals surface area contributed by atoms with E-state index in [1.807, 2.05) is 19.9 Å². The fraction of sp³-hybridized carbons (Fsp3) is 0.278. The SMILES string of the molecule is CC(C)[C@H](N)C(=O)NCC(=O)Nc1ccc2nc(-c3ccco3)[nH]c2c1. The van der Waals surface area contributed by atoms with Gasteiger partial charge >= 0.3 is 0 Å². The smallest absolute Gasteiger partial charge is 0.243 e. The van der Waals surface area contributed by atoms with Crippen LogP contribution in [-0.4, -0.2) is 34.4 Å².